The predicted molar refractivity (Wildman–Crippen MR) is 82.0 cm³/mol. The molecule has 1 fully saturated rings. The average Bonchev–Trinajstić information content (AvgIpc) is 2.53. The highest BCUT2D eigenvalue weighted by atomic mass is 35.5. The Morgan fingerprint density at radius 1 is 1.10 bits per heavy atom. The van der Waals surface area contributed by atoms with Gasteiger partial charge in [0, 0.05) is 45.1 Å². The van der Waals surface area contributed by atoms with Crippen LogP contribution in [0.25, 0.3) is 0 Å². The standard InChI is InChI=1S/C15H20ClN3O2/c16-6-7-17-14(20)15(21)19-10-8-18(9-11-19)12-13-4-2-1-3-5-13/h1-5H,6-12H2,(H,17,20). The third kappa shape index (κ3) is 4.72. The van der Waals surface area contributed by atoms with Gasteiger partial charge in [0.25, 0.3) is 0 Å². The molecule has 2 rings (SSSR count). The Kier molecular flexibility index (Phi) is 6.02. The fourth-order valence-electron chi connectivity index (χ4n) is 2.33. The van der Waals surface area contributed by atoms with Crippen LogP contribution in [0.5, 0.6) is 0 Å². The summed E-state index contributed by atoms with van der Waals surface area (Å²) in [6, 6.07) is 10.2. The Hall–Kier alpha value is -1.59. The molecule has 0 unspecified atom stereocenters. The van der Waals surface area contributed by atoms with Crippen LogP contribution in [0.1, 0.15) is 5.56 Å². The van der Waals surface area contributed by atoms with Crippen molar-refractivity contribution in [2.45, 2.75) is 6.54 Å². The summed E-state index contributed by atoms with van der Waals surface area (Å²) in [4.78, 5) is 27.4. The van der Waals surface area contributed by atoms with Crippen molar-refractivity contribution in [2.75, 3.05) is 38.6 Å². The van der Waals surface area contributed by atoms with Crippen molar-refractivity contribution < 1.29 is 9.59 Å². The zero-order valence-electron chi connectivity index (χ0n) is 11.9. The monoisotopic (exact) mass is 309 g/mol. The second-order valence-electron chi connectivity index (χ2n) is 5.00. The minimum absolute atomic E-state index is 0.309. The van der Waals surface area contributed by atoms with Gasteiger partial charge in [0.1, 0.15) is 0 Å². The highest BCUT2D eigenvalue weighted by Crippen LogP contribution is 2.08. The molecule has 1 saturated heterocycles. The van der Waals surface area contributed by atoms with Gasteiger partial charge in [-0.15, -0.1) is 11.6 Å². The third-order valence-corrected chi connectivity index (χ3v) is 3.67. The molecule has 1 aliphatic rings. The van der Waals surface area contributed by atoms with E-state index >= 15 is 0 Å². The second kappa shape index (κ2) is 8.00. The minimum atomic E-state index is -0.563. The molecule has 1 aliphatic heterocycles. The molecule has 5 nitrogen and oxygen atoms in total. The first-order valence-electron chi connectivity index (χ1n) is 7.10. The van der Waals surface area contributed by atoms with Gasteiger partial charge < -0.3 is 10.2 Å². The summed E-state index contributed by atoms with van der Waals surface area (Å²) < 4.78 is 0. The molecule has 1 N–H and O–H groups in total. The van der Waals surface area contributed by atoms with Gasteiger partial charge in [-0.1, -0.05) is 30.3 Å². The summed E-state index contributed by atoms with van der Waals surface area (Å²) in [5.41, 5.74) is 1.26. The largest absolute Gasteiger partial charge is 0.347 e. The number of nitrogens with zero attached hydrogens (tertiary/aromatic N) is 2. The van der Waals surface area contributed by atoms with Crippen molar-refractivity contribution in [3.63, 3.8) is 0 Å². The molecule has 0 atom stereocenters. The minimum Gasteiger partial charge on any atom is -0.347 e. The first-order chi connectivity index (χ1) is 10.2. The average molecular weight is 310 g/mol. The van der Waals surface area contributed by atoms with Crippen molar-refractivity contribution in [3.05, 3.63) is 35.9 Å². The summed E-state index contributed by atoms with van der Waals surface area (Å²) in [6.45, 7) is 3.92. The fourth-order valence-corrected chi connectivity index (χ4v) is 2.43. The van der Waals surface area contributed by atoms with E-state index in [2.05, 4.69) is 22.3 Å². The van der Waals surface area contributed by atoms with Gasteiger partial charge in [-0.25, -0.2) is 0 Å². The normalized spacial score (nSPS) is 15.8. The quantitative estimate of drug-likeness (QED) is 0.657. The summed E-state index contributed by atoms with van der Waals surface area (Å²) in [7, 11) is 0. The number of carbonyl (C=O) groups excluding carboxylic acids is 2. The van der Waals surface area contributed by atoms with Gasteiger partial charge in [-0.3, -0.25) is 14.5 Å². The van der Waals surface area contributed by atoms with E-state index in [9.17, 15) is 9.59 Å². The van der Waals surface area contributed by atoms with E-state index in [0.29, 0.717) is 25.5 Å². The number of nitrogens with one attached hydrogen (secondary N) is 1. The van der Waals surface area contributed by atoms with Crippen molar-refractivity contribution in [3.8, 4) is 0 Å². The van der Waals surface area contributed by atoms with Crippen LogP contribution < -0.4 is 5.32 Å². The molecule has 1 aromatic rings. The van der Waals surface area contributed by atoms with Crippen LogP contribution in [-0.2, 0) is 16.1 Å². The van der Waals surface area contributed by atoms with Crippen LogP contribution >= 0.6 is 11.6 Å². The number of alkyl halides is 1. The molecule has 1 aromatic carbocycles. The van der Waals surface area contributed by atoms with Crippen molar-refractivity contribution in [1.29, 1.82) is 0 Å². The molecule has 0 aromatic heterocycles. The van der Waals surface area contributed by atoms with Crippen LogP contribution in [0.3, 0.4) is 0 Å². The van der Waals surface area contributed by atoms with Gasteiger partial charge in [-0.2, -0.15) is 0 Å². The number of halogens is 1. The molecule has 0 bridgehead atoms. The lowest BCUT2D eigenvalue weighted by molar-refractivity contribution is -0.147. The van der Waals surface area contributed by atoms with E-state index in [0.717, 1.165) is 19.6 Å². The Balaban J connectivity index is 1.77. The third-order valence-electron chi connectivity index (χ3n) is 3.48. The number of piperazine rings is 1. The maximum absolute atomic E-state index is 11.9. The summed E-state index contributed by atoms with van der Waals surface area (Å²) in [5.74, 6) is -0.712. The number of rotatable bonds is 4. The van der Waals surface area contributed by atoms with Gasteiger partial charge in [0.15, 0.2) is 0 Å². The number of carbonyl (C=O) groups is 2. The van der Waals surface area contributed by atoms with Crippen LogP contribution in [-0.4, -0.2) is 60.2 Å². The molecular formula is C15H20ClN3O2. The van der Waals surface area contributed by atoms with Gasteiger partial charge >= 0.3 is 11.8 Å². The van der Waals surface area contributed by atoms with E-state index < -0.39 is 11.8 Å². The van der Waals surface area contributed by atoms with Crippen LogP contribution in [0, 0.1) is 0 Å². The summed E-state index contributed by atoms with van der Waals surface area (Å²) in [6.07, 6.45) is 0. The summed E-state index contributed by atoms with van der Waals surface area (Å²) >= 11 is 5.49. The highest BCUT2D eigenvalue weighted by molar-refractivity contribution is 6.35. The number of benzene rings is 1. The molecular weight excluding hydrogens is 290 g/mol. The number of hydrogen-bond acceptors (Lipinski definition) is 3. The first kappa shape index (κ1) is 15.8. The van der Waals surface area contributed by atoms with Crippen LogP contribution in [0.4, 0.5) is 0 Å². The SMILES string of the molecule is O=C(NCCCl)C(=O)N1CCN(Cc2ccccc2)CC1. The molecule has 6 heteroatoms. The van der Waals surface area contributed by atoms with E-state index in [4.69, 9.17) is 11.6 Å². The second-order valence-corrected chi connectivity index (χ2v) is 5.38. The maximum Gasteiger partial charge on any atom is 0.311 e. The number of hydrogen-bond donors (Lipinski definition) is 1. The Morgan fingerprint density at radius 2 is 1.76 bits per heavy atom. The Labute approximate surface area is 129 Å². The lowest BCUT2D eigenvalue weighted by Crippen LogP contribution is -2.52. The van der Waals surface area contributed by atoms with E-state index in [1.807, 2.05) is 18.2 Å². The van der Waals surface area contributed by atoms with Crippen LogP contribution in [0.2, 0.25) is 0 Å². The topological polar surface area (TPSA) is 52.7 Å². The molecule has 0 aliphatic carbocycles. The zero-order valence-corrected chi connectivity index (χ0v) is 12.7. The zero-order chi connectivity index (χ0) is 15.1. The molecule has 114 valence electrons. The lowest BCUT2D eigenvalue weighted by Gasteiger charge is -2.34. The Morgan fingerprint density at radius 3 is 2.38 bits per heavy atom. The fraction of sp³-hybridized carbons (Fsp3) is 0.467. The van der Waals surface area contributed by atoms with Gasteiger partial charge in [-0.05, 0) is 5.56 Å². The lowest BCUT2D eigenvalue weighted by atomic mass is 10.2. The molecule has 0 radical (unpaired) electrons. The molecule has 1 heterocycles. The molecule has 0 saturated carbocycles. The highest BCUT2D eigenvalue weighted by Gasteiger charge is 2.25. The first-order valence-corrected chi connectivity index (χ1v) is 7.63. The van der Waals surface area contributed by atoms with E-state index in [1.165, 1.54) is 5.56 Å². The Bertz CT molecular complexity index is 473. The maximum atomic E-state index is 11.9. The van der Waals surface area contributed by atoms with Gasteiger partial charge in [0.05, 0.1) is 0 Å². The van der Waals surface area contributed by atoms with Crippen molar-refractivity contribution in [1.82, 2.24) is 15.1 Å². The molecule has 2 amide bonds. The van der Waals surface area contributed by atoms with Crippen LogP contribution in [0.15, 0.2) is 30.3 Å². The van der Waals surface area contributed by atoms with E-state index in [1.54, 1.807) is 4.90 Å². The summed E-state index contributed by atoms with van der Waals surface area (Å²) in [5, 5.41) is 2.50. The predicted octanol–water partition coefficient (Wildman–Crippen LogP) is 0.686. The van der Waals surface area contributed by atoms with E-state index in [-0.39, 0.29) is 0 Å². The smallest absolute Gasteiger partial charge is 0.311 e. The number of amides is 2. The molecule has 0 spiro atoms. The van der Waals surface area contributed by atoms with Gasteiger partial charge in [0.2, 0.25) is 0 Å². The molecule has 21 heavy (non-hydrogen) atoms. The van der Waals surface area contributed by atoms with Crippen molar-refractivity contribution >= 4 is 23.4 Å². The van der Waals surface area contributed by atoms with Crippen molar-refractivity contribution in [2.24, 2.45) is 0 Å².